The lowest BCUT2D eigenvalue weighted by Gasteiger charge is -2.26. The number of Topliss-reactive ketones (excluding diaryl/α,β-unsaturated/α-hetero) is 1. The number of nitrogens with zero attached hydrogens (tertiary/aromatic N) is 1. The first kappa shape index (κ1) is 20.2. The SMILES string of the molecule is CCc1ccc(C(=O)OCC(=O)c2ccc(CC(=O)N3CCOCC3)s2)cc1. The zero-order valence-corrected chi connectivity index (χ0v) is 16.6. The fourth-order valence-electron chi connectivity index (χ4n) is 2.86. The molecule has 0 bridgehead atoms. The number of hydrogen-bond acceptors (Lipinski definition) is 6. The van der Waals surface area contributed by atoms with E-state index in [2.05, 4.69) is 0 Å². The van der Waals surface area contributed by atoms with Crippen LogP contribution >= 0.6 is 11.3 Å². The van der Waals surface area contributed by atoms with Crippen LogP contribution in [0.25, 0.3) is 0 Å². The van der Waals surface area contributed by atoms with Crippen LogP contribution in [0, 0.1) is 0 Å². The van der Waals surface area contributed by atoms with Gasteiger partial charge in [0.15, 0.2) is 6.61 Å². The molecule has 0 aliphatic carbocycles. The molecule has 1 saturated heterocycles. The minimum atomic E-state index is -0.518. The maximum atomic E-state index is 12.3. The molecule has 1 fully saturated rings. The van der Waals surface area contributed by atoms with Crippen LogP contribution in [-0.4, -0.2) is 55.5 Å². The van der Waals surface area contributed by atoms with Crippen LogP contribution in [0.1, 0.15) is 37.4 Å². The van der Waals surface area contributed by atoms with Crippen molar-refractivity contribution in [1.29, 1.82) is 0 Å². The third kappa shape index (κ3) is 5.27. The molecular formula is C21H23NO5S. The fourth-order valence-corrected chi connectivity index (χ4v) is 3.78. The van der Waals surface area contributed by atoms with E-state index in [-0.39, 0.29) is 24.7 Å². The highest BCUT2D eigenvalue weighted by atomic mass is 32.1. The molecule has 0 unspecified atom stereocenters. The first-order chi connectivity index (χ1) is 13.6. The van der Waals surface area contributed by atoms with Gasteiger partial charge in [0, 0.05) is 18.0 Å². The topological polar surface area (TPSA) is 72.9 Å². The Morgan fingerprint density at radius 3 is 2.46 bits per heavy atom. The number of amides is 1. The molecule has 148 valence electrons. The van der Waals surface area contributed by atoms with Gasteiger partial charge in [0.25, 0.3) is 0 Å². The summed E-state index contributed by atoms with van der Waals surface area (Å²) in [5.74, 6) is -0.755. The molecule has 1 aliphatic rings. The summed E-state index contributed by atoms with van der Waals surface area (Å²) in [6.45, 7) is 4.05. The molecule has 1 aromatic heterocycles. The van der Waals surface area contributed by atoms with Crippen LogP contribution in [0.5, 0.6) is 0 Å². The Hall–Kier alpha value is -2.51. The number of ether oxygens (including phenoxy) is 2. The number of esters is 1. The fraction of sp³-hybridized carbons (Fsp3) is 0.381. The minimum Gasteiger partial charge on any atom is -0.454 e. The maximum Gasteiger partial charge on any atom is 0.338 e. The van der Waals surface area contributed by atoms with Crippen molar-refractivity contribution in [2.24, 2.45) is 0 Å². The third-order valence-electron chi connectivity index (χ3n) is 4.56. The van der Waals surface area contributed by atoms with Gasteiger partial charge in [0.1, 0.15) is 0 Å². The van der Waals surface area contributed by atoms with Gasteiger partial charge in [-0.1, -0.05) is 19.1 Å². The average molecular weight is 401 g/mol. The molecule has 0 N–H and O–H groups in total. The van der Waals surface area contributed by atoms with Crippen LogP contribution in [0.3, 0.4) is 0 Å². The lowest BCUT2D eigenvalue weighted by molar-refractivity contribution is -0.134. The van der Waals surface area contributed by atoms with Gasteiger partial charge in [0.05, 0.1) is 30.1 Å². The average Bonchev–Trinajstić information content (AvgIpc) is 3.21. The summed E-state index contributed by atoms with van der Waals surface area (Å²) in [5, 5.41) is 0. The highest BCUT2D eigenvalue weighted by Crippen LogP contribution is 2.19. The van der Waals surface area contributed by atoms with E-state index in [1.165, 1.54) is 11.3 Å². The highest BCUT2D eigenvalue weighted by molar-refractivity contribution is 7.14. The van der Waals surface area contributed by atoms with Crippen LogP contribution in [-0.2, 0) is 27.1 Å². The summed E-state index contributed by atoms with van der Waals surface area (Å²) < 4.78 is 10.4. The number of morpholine rings is 1. The van der Waals surface area contributed by atoms with E-state index < -0.39 is 5.97 Å². The van der Waals surface area contributed by atoms with Crippen molar-refractivity contribution in [2.45, 2.75) is 19.8 Å². The number of hydrogen-bond donors (Lipinski definition) is 0. The molecule has 1 aromatic carbocycles. The van der Waals surface area contributed by atoms with E-state index in [1.807, 2.05) is 19.1 Å². The number of carbonyl (C=O) groups excluding carboxylic acids is 3. The molecule has 2 aromatic rings. The molecule has 0 spiro atoms. The number of thiophene rings is 1. The molecule has 1 aliphatic heterocycles. The summed E-state index contributed by atoms with van der Waals surface area (Å²) in [4.78, 5) is 39.7. The van der Waals surface area contributed by atoms with Gasteiger partial charge >= 0.3 is 5.97 Å². The lowest BCUT2D eigenvalue weighted by atomic mass is 10.1. The Morgan fingerprint density at radius 2 is 1.79 bits per heavy atom. The van der Waals surface area contributed by atoms with E-state index in [0.29, 0.717) is 36.7 Å². The minimum absolute atomic E-state index is 0.0334. The number of aryl methyl sites for hydroxylation is 1. The number of benzene rings is 1. The molecule has 0 atom stereocenters. The van der Waals surface area contributed by atoms with Crippen molar-refractivity contribution in [3.63, 3.8) is 0 Å². The van der Waals surface area contributed by atoms with Gasteiger partial charge in [-0.05, 0) is 36.2 Å². The number of ketones is 1. The smallest absolute Gasteiger partial charge is 0.338 e. The summed E-state index contributed by atoms with van der Waals surface area (Å²) in [7, 11) is 0. The van der Waals surface area contributed by atoms with Gasteiger partial charge < -0.3 is 14.4 Å². The number of carbonyl (C=O) groups is 3. The molecule has 7 heteroatoms. The summed E-state index contributed by atoms with van der Waals surface area (Å²) in [6, 6.07) is 10.6. The monoisotopic (exact) mass is 401 g/mol. The third-order valence-corrected chi connectivity index (χ3v) is 5.68. The second kappa shape index (κ2) is 9.61. The predicted molar refractivity (Wildman–Crippen MR) is 106 cm³/mol. The Labute approximate surface area is 168 Å². The van der Waals surface area contributed by atoms with Crippen LogP contribution in [0.2, 0.25) is 0 Å². The Balaban J connectivity index is 1.50. The molecule has 2 heterocycles. The molecule has 0 radical (unpaired) electrons. The maximum absolute atomic E-state index is 12.3. The summed E-state index contributed by atoms with van der Waals surface area (Å²) in [5.41, 5.74) is 1.55. The zero-order chi connectivity index (χ0) is 19.9. The molecular weight excluding hydrogens is 378 g/mol. The van der Waals surface area contributed by atoms with Crippen molar-refractivity contribution < 1.29 is 23.9 Å². The summed E-state index contributed by atoms with van der Waals surface area (Å²) in [6.07, 6.45) is 1.16. The van der Waals surface area contributed by atoms with E-state index in [9.17, 15) is 14.4 Å². The Morgan fingerprint density at radius 1 is 1.07 bits per heavy atom. The van der Waals surface area contributed by atoms with Crippen LogP contribution in [0.4, 0.5) is 0 Å². The number of rotatable bonds is 7. The second-order valence-electron chi connectivity index (χ2n) is 6.49. The second-order valence-corrected chi connectivity index (χ2v) is 7.65. The Kier molecular flexibility index (Phi) is 6.95. The van der Waals surface area contributed by atoms with Crippen molar-refractivity contribution >= 4 is 29.0 Å². The first-order valence-electron chi connectivity index (χ1n) is 9.30. The predicted octanol–water partition coefficient (Wildman–Crippen LogP) is 2.75. The van der Waals surface area contributed by atoms with Gasteiger partial charge in [-0.25, -0.2) is 4.79 Å². The van der Waals surface area contributed by atoms with Gasteiger partial charge in [0.2, 0.25) is 11.7 Å². The lowest BCUT2D eigenvalue weighted by Crippen LogP contribution is -2.41. The van der Waals surface area contributed by atoms with Crippen molar-refractivity contribution in [1.82, 2.24) is 4.90 Å². The van der Waals surface area contributed by atoms with Crippen LogP contribution < -0.4 is 0 Å². The standard InChI is InChI=1S/C21H23NO5S/c1-2-15-3-5-16(6-4-15)21(25)27-14-18(23)19-8-7-17(28-19)13-20(24)22-9-11-26-12-10-22/h3-8H,2,9-14H2,1H3. The molecule has 0 saturated carbocycles. The van der Waals surface area contributed by atoms with E-state index in [1.54, 1.807) is 29.2 Å². The van der Waals surface area contributed by atoms with Crippen LogP contribution in [0.15, 0.2) is 36.4 Å². The normalized spacial score (nSPS) is 14.0. The highest BCUT2D eigenvalue weighted by Gasteiger charge is 2.19. The molecule has 3 rings (SSSR count). The van der Waals surface area contributed by atoms with Crippen molar-refractivity contribution in [2.75, 3.05) is 32.9 Å². The molecule has 6 nitrogen and oxygen atoms in total. The quantitative estimate of drug-likeness (QED) is 0.527. The zero-order valence-electron chi connectivity index (χ0n) is 15.8. The van der Waals surface area contributed by atoms with Crippen molar-refractivity contribution in [3.05, 3.63) is 57.3 Å². The van der Waals surface area contributed by atoms with Crippen molar-refractivity contribution in [3.8, 4) is 0 Å². The summed E-state index contributed by atoms with van der Waals surface area (Å²) >= 11 is 1.27. The molecule has 1 amide bonds. The van der Waals surface area contributed by atoms with Gasteiger partial charge in [-0.15, -0.1) is 11.3 Å². The Bertz CT molecular complexity index is 837. The van der Waals surface area contributed by atoms with E-state index in [4.69, 9.17) is 9.47 Å². The van der Waals surface area contributed by atoms with E-state index in [0.717, 1.165) is 16.9 Å². The molecule has 28 heavy (non-hydrogen) atoms. The van der Waals surface area contributed by atoms with Gasteiger partial charge in [-0.2, -0.15) is 0 Å². The van der Waals surface area contributed by atoms with Gasteiger partial charge in [-0.3, -0.25) is 9.59 Å². The largest absolute Gasteiger partial charge is 0.454 e. The van der Waals surface area contributed by atoms with E-state index >= 15 is 0 Å². The first-order valence-corrected chi connectivity index (χ1v) is 10.1.